The quantitative estimate of drug-likeness (QED) is 0.590. The Hall–Kier alpha value is -2.52. The van der Waals surface area contributed by atoms with Gasteiger partial charge in [-0.1, -0.05) is 18.2 Å². The molecule has 1 N–H and O–H groups in total. The molecule has 9 heteroatoms. The number of hydrogen-bond donors (Lipinski definition) is 1. The van der Waals surface area contributed by atoms with E-state index in [0.717, 1.165) is 28.8 Å². The topological polar surface area (TPSA) is 61.9 Å². The Morgan fingerprint density at radius 2 is 1.90 bits per heavy atom. The van der Waals surface area contributed by atoms with E-state index in [1.54, 1.807) is 6.20 Å². The van der Waals surface area contributed by atoms with Crippen LogP contribution in [0.4, 0.5) is 13.2 Å². The number of halogens is 4. The second kappa shape index (κ2) is 7.72. The van der Waals surface area contributed by atoms with Crippen LogP contribution in [0.15, 0.2) is 52.0 Å². The molecule has 0 aliphatic carbocycles. The van der Waals surface area contributed by atoms with Crippen molar-refractivity contribution in [2.45, 2.75) is 25.7 Å². The molecule has 0 spiro atoms. The molecule has 1 aromatic carbocycles. The summed E-state index contributed by atoms with van der Waals surface area (Å²) in [6.45, 7) is 1.85. The molecule has 4 rings (SSSR count). The van der Waals surface area contributed by atoms with Gasteiger partial charge in [0.15, 0.2) is 0 Å². The van der Waals surface area contributed by atoms with Gasteiger partial charge in [0.1, 0.15) is 10.4 Å². The summed E-state index contributed by atoms with van der Waals surface area (Å²) in [5.41, 5.74) is 1.78. The molecule has 3 aromatic rings. The summed E-state index contributed by atoms with van der Waals surface area (Å²) in [5, 5.41) is 0. The van der Waals surface area contributed by atoms with E-state index in [2.05, 4.69) is 35.8 Å². The van der Waals surface area contributed by atoms with Crippen molar-refractivity contribution in [1.29, 1.82) is 0 Å². The molecule has 3 heterocycles. The van der Waals surface area contributed by atoms with Gasteiger partial charge in [-0.3, -0.25) is 9.69 Å². The van der Waals surface area contributed by atoms with E-state index in [1.165, 1.54) is 12.1 Å². The van der Waals surface area contributed by atoms with Gasteiger partial charge in [-0.15, -0.1) is 0 Å². The number of nitrogens with one attached hydrogen (secondary N) is 1. The fourth-order valence-corrected chi connectivity index (χ4v) is 3.56. The van der Waals surface area contributed by atoms with Gasteiger partial charge in [0, 0.05) is 37.8 Å². The third-order valence-electron chi connectivity index (χ3n) is 4.83. The van der Waals surface area contributed by atoms with Crippen molar-refractivity contribution in [1.82, 2.24) is 19.9 Å². The van der Waals surface area contributed by atoms with Gasteiger partial charge in [-0.05, 0) is 39.7 Å². The highest BCUT2D eigenvalue weighted by Gasteiger charge is 2.30. The van der Waals surface area contributed by atoms with E-state index in [1.807, 2.05) is 12.1 Å². The Kier molecular flexibility index (Phi) is 5.26. The molecule has 29 heavy (non-hydrogen) atoms. The molecular weight excluding hydrogens is 449 g/mol. The second-order valence-corrected chi connectivity index (χ2v) is 7.68. The molecule has 0 unspecified atom stereocenters. The average molecular weight is 465 g/mol. The number of H-pyrrole nitrogens is 1. The molecular formula is C20H16BrF3N4O. The number of fused-ring (bicyclic) bond motifs is 1. The molecule has 0 radical (unpaired) electrons. The normalized spacial score (nSPS) is 14.6. The highest BCUT2D eigenvalue weighted by atomic mass is 79.9. The maximum Gasteiger partial charge on any atom is 0.416 e. The molecule has 1 aliphatic rings. The van der Waals surface area contributed by atoms with Gasteiger partial charge < -0.3 is 4.98 Å². The Bertz CT molecular complexity index is 1080. The number of pyridine rings is 1. The summed E-state index contributed by atoms with van der Waals surface area (Å²) >= 11 is 3.31. The van der Waals surface area contributed by atoms with Gasteiger partial charge in [-0.2, -0.15) is 13.2 Å². The Morgan fingerprint density at radius 3 is 2.55 bits per heavy atom. The largest absolute Gasteiger partial charge is 0.416 e. The highest BCUT2D eigenvalue weighted by molar-refractivity contribution is 9.10. The minimum atomic E-state index is -4.40. The van der Waals surface area contributed by atoms with Crippen LogP contribution >= 0.6 is 15.9 Å². The number of rotatable bonds is 3. The van der Waals surface area contributed by atoms with E-state index in [9.17, 15) is 18.0 Å². The fraction of sp³-hybridized carbons (Fsp3) is 0.250. The maximum absolute atomic E-state index is 12.7. The third kappa shape index (κ3) is 4.40. The van der Waals surface area contributed by atoms with Gasteiger partial charge in [0.05, 0.1) is 16.8 Å². The molecule has 2 aromatic heterocycles. The molecule has 0 amide bonds. The molecule has 0 bridgehead atoms. The first kappa shape index (κ1) is 19.8. The lowest BCUT2D eigenvalue weighted by Crippen LogP contribution is -2.35. The van der Waals surface area contributed by atoms with Crippen molar-refractivity contribution in [3.05, 3.63) is 79.9 Å². The van der Waals surface area contributed by atoms with Gasteiger partial charge in [0.2, 0.25) is 0 Å². The first-order valence-corrected chi connectivity index (χ1v) is 9.71. The first-order chi connectivity index (χ1) is 13.8. The standard InChI is InChI=1S/C20H16BrF3N4O/c21-17-6-1-12(9-25-17)10-28-8-7-16-15(11-28)19(29)27-18(26-16)13-2-4-14(5-3-13)20(22,23)24/h1-6,9H,7-8,10-11H2,(H,26,27,29). The van der Waals surface area contributed by atoms with Crippen LogP contribution < -0.4 is 5.56 Å². The van der Waals surface area contributed by atoms with Crippen molar-refractivity contribution >= 4 is 15.9 Å². The predicted octanol–water partition coefficient (Wildman–Crippen LogP) is 4.17. The smallest absolute Gasteiger partial charge is 0.306 e. The molecule has 0 fully saturated rings. The number of aromatic nitrogens is 3. The summed E-state index contributed by atoms with van der Waals surface area (Å²) in [7, 11) is 0. The van der Waals surface area contributed by atoms with E-state index in [-0.39, 0.29) is 11.4 Å². The van der Waals surface area contributed by atoms with Gasteiger partial charge >= 0.3 is 6.18 Å². The Morgan fingerprint density at radius 1 is 1.14 bits per heavy atom. The van der Waals surface area contributed by atoms with Crippen LogP contribution in [0.2, 0.25) is 0 Å². The van der Waals surface area contributed by atoms with E-state index < -0.39 is 11.7 Å². The zero-order valence-corrected chi connectivity index (χ0v) is 16.7. The SMILES string of the molecule is O=c1[nH]c(-c2ccc(C(F)(F)F)cc2)nc2c1CN(Cc1ccc(Br)nc1)CC2. The van der Waals surface area contributed by atoms with Crippen LogP contribution in [0, 0.1) is 0 Å². The third-order valence-corrected chi connectivity index (χ3v) is 5.30. The van der Waals surface area contributed by atoms with Crippen LogP contribution in [-0.2, 0) is 25.7 Å². The van der Waals surface area contributed by atoms with Crippen molar-refractivity contribution in [3.8, 4) is 11.4 Å². The highest BCUT2D eigenvalue weighted by Crippen LogP contribution is 2.30. The van der Waals surface area contributed by atoms with E-state index >= 15 is 0 Å². The summed E-state index contributed by atoms with van der Waals surface area (Å²) in [4.78, 5) is 26.2. The number of nitrogens with zero attached hydrogens (tertiary/aromatic N) is 3. The van der Waals surface area contributed by atoms with Crippen molar-refractivity contribution in [3.63, 3.8) is 0 Å². The molecule has 0 saturated carbocycles. The summed E-state index contributed by atoms with van der Waals surface area (Å²) in [6, 6.07) is 8.47. The zero-order chi connectivity index (χ0) is 20.6. The molecule has 1 aliphatic heterocycles. The van der Waals surface area contributed by atoms with Crippen LogP contribution in [0.5, 0.6) is 0 Å². The van der Waals surface area contributed by atoms with Crippen molar-refractivity contribution < 1.29 is 13.2 Å². The predicted molar refractivity (Wildman–Crippen MR) is 105 cm³/mol. The van der Waals surface area contributed by atoms with Crippen molar-refractivity contribution in [2.24, 2.45) is 0 Å². The second-order valence-electron chi connectivity index (χ2n) is 6.86. The van der Waals surface area contributed by atoms with Crippen LogP contribution in [0.3, 0.4) is 0 Å². The minimum absolute atomic E-state index is 0.261. The average Bonchev–Trinajstić information content (AvgIpc) is 2.69. The summed E-state index contributed by atoms with van der Waals surface area (Å²) in [6.07, 6.45) is -2.02. The molecule has 0 saturated heterocycles. The maximum atomic E-state index is 12.7. The fourth-order valence-electron chi connectivity index (χ4n) is 3.33. The molecule has 5 nitrogen and oxygen atoms in total. The molecule has 0 atom stereocenters. The van der Waals surface area contributed by atoms with Crippen LogP contribution in [0.25, 0.3) is 11.4 Å². The van der Waals surface area contributed by atoms with Crippen molar-refractivity contribution in [2.75, 3.05) is 6.54 Å². The summed E-state index contributed by atoms with van der Waals surface area (Å²) in [5.74, 6) is 0.285. The van der Waals surface area contributed by atoms with Gasteiger partial charge in [-0.25, -0.2) is 9.97 Å². The summed E-state index contributed by atoms with van der Waals surface area (Å²) < 4.78 is 39.0. The monoisotopic (exact) mass is 464 g/mol. The van der Waals surface area contributed by atoms with E-state index in [0.29, 0.717) is 36.3 Å². The lowest BCUT2D eigenvalue weighted by atomic mass is 10.1. The number of alkyl halides is 3. The number of aromatic amines is 1. The van der Waals surface area contributed by atoms with E-state index in [4.69, 9.17) is 0 Å². The number of benzene rings is 1. The van der Waals surface area contributed by atoms with Crippen LogP contribution in [0.1, 0.15) is 22.4 Å². The Labute approximate surface area is 172 Å². The number of hydrogen-bond acceptors (Lipinski definition) is 4. The lowest BCUT2D eigenvalue weighted by molar-refractivity contribution is -0.137. The van der Waals surface area contributed by atoms with Gasteiger partial charge in [0.25, 0.3) is 5.56 Å². The Balaban J connectivity index is 1.55. The lowest BCUT2D eigenvalue weighted by Gasteiger charge is -2.27. The molecule has 150 valence electrons. The zero-order valence-electron chi connectivity index (χ0n) is 15.1. The first-order valence-electron chi connectivity index (χ1n) is 8.92. The van der Waals surface area contributed by atoms with Crippen LogP contribution in [-0.4, -0.2) is 26.4 Å². The minimum Gasteiger partial charge on any atom is -0.306 e.